The van der Waals surface area contributed by atoms with E-state index in [-0.39, 0.29) is 5.75 Å². The predicted molar refractivity (Wildman–Crippen MR) is 99.6 cm³/mol. The van der Waals surface area contributed by atoms with Gasteiger partial charge in [-0.25, -0.2) is 4.39 Å². The molecule has 0 saturated heterocycles. The molecule has 0 aliphatic carbocycles. The molecule has 0 N–H and O–H groups in total. The summed E-state index contributed by atoms with van der Waals surface area (Å²) in [6, 6.07) is 24.8. The van der Waals surface area contributed by atoms with Crippen LogP contribution in [0.2, 0.25) is 0 Å². The largest absolute Gasteiger partial charge is 0.494 e. The predicted octanol–water partition coefficient (Wildman–Crippen LogP) is 4.88. The summed E-state index contributed by atoms with van der Waals surface area (Å²) in [6.45, 7) is 0.625. The van der Waals surface area contributed by atoms with E-state index < -0.39 is 5.82 Å². The Bertz CT molecular complexity index is 835. The molecule has 3 aromatic carbocycles. The number of hydrogen-bond donors (Lipinski definition) is 0. The van der Waals surface area contributed by atoms with Crippen molar-refractivity contribution < 1.29 is 9.13 Å². The molecule has 4 heteroatoms. The van der Waals surface area contributed by atoms with E-state index >= 15 is 0 Å². The molecule has 0 amide bonds. The first-order valence-corrected chi connectivity index (χ1v) is 8.00. The average molecular weight is 334 g/mol. The highest BCUT2D eigenvalue weighted by atomic mass is 19.1. The van der Waals surface area contributed by atoms with Gasteiger partial charge in [-0.3, -0.25) is 5.01 Å². The molecular weight excluding hydrogens is 315 g/mol. The molecule has 0 heterocycles. The maximum atomic E-state index is 13.8. The van der Waals surface area contributed by atoms with Gasteiger partial charge >= 0.3 is 0 Å². The van der Waals surface area contributed by atoms with Gasteiger partial charge in [-0.1, -0.05) is 48.5 Å². The van der Waals surface area contributed by atoms with Crippen molar-refractivity contribution in [1.29, 1.82) is 0 Å². The van der Waals surface area contributed by atoms with Gasteiger partial charge in [0.2, 0.25) is 0 Å². The Morgan fingerprint density at radius 3 is 2.28 bits per heavy atom. The van der Waals surface area contributed by atoms with Crippen LogP contribution in [-0.4, -0.2) is 13.3 Å². The van der Waals surface area contributed by atoms with Crippen molar-refractivity contribution in [2.24, 2.45) is 5.10 Å². The molecule has 0 saturated carbocycles. The lowest BCUT2D eigenvalue weighted by Crippen LogP contribution is -2.16. The molecule has 0 unspecified atom stereocenters. The fraction of sp³-hybridized carbons (Fsp3) is 0.0952. The van der Waals surface area contributed by atoms with E-state index in [0.717, 1.165) is 11.3 Å². The van der Waals surface area contributed by atoms with Crippen LogP contribution in [0.1, 0.15) is 11.1 Å². The number of hydrazone groups is 1. The van der Waals surface area contributed by atoms with Crippen LogP contribution in [-0.2, 0) is 6.54 Å². The lowest BCUT2D eigenvalue weighted by molar-refractivity contribution is 0.386. The van der Waals surface area contributed by atoms with Crippen LogP contribution in [0.3, 0.4) is 0 Å². The van der Waals surface area contributed by atoms with Crippen molar-refractivity contribution in [1.82, 2.24) is 0 Å². The second-order valence-corrected chi connectivity index (χ2v) is 5.52. The van der Waals surface area contributed by atoms with Gasteiger partial charge in [0.1, 0.15) is 0 Å². The standard InChI is InChI=1S/C21H19FN2O/c1-25-21-13-12-18(14-20(21)22)15-23-24(19-10-6-3-7-11-19)16-17-8-4-2-5-9-17/h2-15H,16H2,1H3/b23-15-. The van der Waals surface area contributed by atoms with E-state index in [2.05, 4.69) is 17.2 Å². The van der Waals surface area contributed by atoms with Gasteiger partial charge < -0.3 is 4.74 Å². The van der Waals surface area contributed by atoms with Gasteiger partial charge in [0.15, 0.2) is 11.6 Å². The van der Waals surface area contributed by atoms with Crippen molar-refractivity contribution in [2.75, 3.05) is 12.1 Å². The van der Waals surface area contributed by atoms with E-state index in [1.807, 2.05) is 53.5 Å². The van der Waals surface area contributed by atoms with Gasteiger partial charge in [-0.15, -0.1) is 0 Å². The van der Waals surface area contributed by atoms with E-state index in [1.165, 1.54) is 13.2 Å². The highest BCUT2D eigenvalue weighted by molar-refractivity contribution is 5.80. The third-order valence-electron chi connectivity index (χ3n) is 3.75. The molecule has 126 valence electrons. The summed E-state index contributed by atoms with van der Waals surface area (Å²) in [5.41, 5.74) is 2.79. The minimum absolute atomic E-state index is 0.223. The molecule has 0 aliphatic heterocycles. The van der Waals surface area contributed by atoms with Crippen molar-refractivity contribution in [3.05, 3.63) is 95.8 Å². The van der Waals surface area contributed by atoms with E-state index in [9.17, 15) is 4.39 Å². The number of para-hydroxylation sites is 1. The molecule has 0 aromatic heterocycles. The van der Waals surface area contributed by atoms with Crippen LogP contribution >= 0.6 is 0 Å². The summed E-state index contributed by atoms with van der Waals surface area (Å²) < 4.78 is 18.8. The van der Waals surface area contributed by atoms with Crippen LogP contribution in [0.5, 0.6) is 5.75 Å². The second-order valence-electron chi connectivity index (χ2n) is 5.52. The highest BCUT2D eigenvalue weighted by Gasteiger charge is 2.06. The first kappa shape index (κ1) is 16.7. The number of nitrogens with zero attached hydrogens (tertiary/aromatic N) is 2. The Balaban J connectivity index is 1.85. The Morgan fingerprint density at radius 1 is 0.960 bits per heavy atom. The van der Waals surface area contributed by atoms with Crippen LogP contribution < -0.4 is 9.75 Å². The molecule has 0 aliphatic rings. The molecule has 0 fully saturated rings. The topological polar surface area (TPSA) is 24.8 Å². The van der Waals surface area contributed by atoms with Gasteiger partial charge in [0, 0.05) is 0 Å². The first-order valence-electron chi connectivity index (χ1n) is 8.00. The zero-order valence-electron chi connectivity index (χ0n) is 14.0. The zero-order chi connectivity index (χ0) is 17.5. The maximum Gasteiger partial charge on any atom is 0.165 e. The molecule has 25 heavy (non-hydrogen) atoms. The number of anilines is 1. The summed E-state index contributed by atoms with van der Waals surface area (Å²) >= 11 is 0. The Hall–Kier alpha value is -3.14. The van der Waals surface area contributed by atoms with Gasteiger partial charge in [-0.05, 0) is 41.5 Å². The molecule has 3 rings (SSSR count). The lowest BCUT2D eigenvalue weighted by atomic mass is 10.2. The van der Waals surface area contributed by atoms with Crippen LogP contribution in [0.25, 0.3) is 0 Å². The summed E-state index contributed by atoms with van der Waals surface area (Å²) in [6.07, 6.45) is 1.65. The van der Waals surface area contributed by atoms with Crippen molar-refractivity contribution in [3.8, 4) is 5.75 Å². The van der Waals surface area contributed by atoms with Crippen molar-refractivity contribution >= 4 is 11.9 Å². The molecule has 0 bridgehead atoms. The smallest absolute Gasteiger partial charge is 0.165 e. The number of methoxy groups -OCH3 is 1. The Labute approximate surface area is 147 Å². The second kappa shape index (κ2) is 8.11. The summed E-state index contributed by atoms with van der Waals surface area (Å²) in [5, 5.41) is 6.44. The summed E-state index contributed by atoms with van der Waals surface area (Å²) in [4.78, 5) is 0. The van der Waals surface area contributed by atoms with Crippen molar-refractivity contribution in [3.63, 3.8) is 0 Å². The van der Waals surface area contributed by atoms with E-state index in [1.54, 1.807) is 18.3 Å². The molecule has 3 nitrogen and oxygen atoms in total. The number of ether oxygens (including phenoxy) is 1. The molecule has 0 atom stereocenters. The zero-order valence-corrected chi connectivity index (χ0v) is 14.0. The van der Waals surface area contributed by atoms with E-state index in [4.69, 9.17) is 4.74 Å². The lowest BCUT2D eigenvalue weighted by Gasteiger charge is -2.19. The normalized spacial score (nSPS) is 10.8. The SMILES string of the molecule is COc1ccc(/C=N\N(Cc2ccccc2)c2ccccc2)cc1F. The minimum Gasteiger partial charge on any atom is -0.494 e. The van der Waals surface area contributed by atoms with Crippen LogP contribution in [0.4, 0.5) is 10.1 Å². The minimum atomic E-state index is -0.402. The third-order valence-corrected chi connectivity index (χ3v) is 3.75. The molecule has 0 radical (unpaired) electrons. The summed E-state index contributed by atoms with van der Waals surface area (Å²) in [5.74, 6) is -0.179. The average Bonchev–Trinajstić information content (AvgIpc) is 2.67. The number of benzene rings is 3. The Kier molecular flexibility index (Phi) is 5.42. The fourth-order valence-electron chi connectivity index (χ4n) is 2.45. The highest BCUT2D eigenvalue weighted by Crippen LogP contribution is 2.19. The van der Waals surface area contributed by atoms with Crippen LogP contribution in [0, 0.1) is 5.82 Å². The maximum absolute atomic E-state index is 13.8. The quantitative estimate of drug-likeness (QED) is 0.474. The summed E-state index contributed by atoms with van der Waals surface area (Å²) in [7, 11) is 1.45. The van der Waals surface area contributed by atoms with Gasteiger partial charge in [0.05, 0.1) is 25.6 Å². The third kappa shape index (κ3) is 4.44. The first-order chi connectivity index (χ1) is 12.3. The number of rotatable bonds is 6. The van der Waals surface area contributed by atoms with Gasteiger partial charge in [0.25, 0.3) is 0 Å². The monoisotopic (exact) mass is 334 g/mol. The molecule has 3 aromatic rings. The number of halogens is 1. The van der Waals surface area contributed by atoms with Crippen LogP contribution in [0.15, 0.2) is 84.0 Å². The number of hydrogen-bond acceptors (Lipinski definition) is 3. The fourth-order valence-corrected chi connectivity index (χ4v) is 2.45. The Morgan fingerprint density at radius 2 is 1.64 bits per heavy atom. The molecule has 0 spiro atoms. The molecular formula is C21H19FN2O. The van der Waals surface area contributed by atoms with Crippen molar-refractivity contribution in [2.45, 2.75) is 6.54 Å². The van der Waals surface area contributed by atoms with E-state index in [0.29, 0.717) is 12.1 Å². The van der Waals surface area contributed by atoms with Gasteiger partial charge in [-0.2, -0.15) is 5.10 Å².